The standard InChI is InChI=1S/C45H26/c1-2-12-28-25-29(24-23-27(28)11-1)30-16-9-17-33-34-18-10-19-36-43(34)37(42(30)33)26-41-44(36)35-15-5-8-22-40(35)45(41)38-20-6-3-13-31(38)32-14-4-7-21-39(32)45/h1-26H. The SMILES string of the molecule is c1ccc2c(c1)-c1ccccc1C21c2ccccc2-c2c1cc1c3c(cccc23)-c2cccc(-c3ccc4ccccc4c3)c2-1. The molecule has 0 nitrogen and oxygen atoms in total. The molecule has 0 atom stereocenters. The molecule has 0 fully saturated rings. The molecule has 3 aliphatic carbocycles. The van der Waals surface area contributed by atoms with Gasteiger partial charge in [-0.3, -0.25) is 0 Å². The zero-order valence-corrected chi connectivity index (χ0v) is 24.5. The Balaban J connectivity index is 1.29. The van der Waals surface area contributed by atoms with E-state index >= 15 is 0 Å². The second-order valence-corrected chi connectivity index (χ2v) is 12.8. The molecule has 0 aromatic heterocycles. The summed E-state index contributed by atoms with van der Waals surface area (Å²) in [4.78, 5) is 0. The van der Waals surface area contributed by atoms with E-state index in [0.29, 0.717) is 0 Å². The maximum atomic E-state index is 2.58. The molecule has 0 saturated heterocycles. The first-order valence-electron chi connectivity index (χ1n) is 15.9. The molecule has 0 N–H and O–H groups in total. The van der Waals surface area contributed by atoms with Gasteiger partial charge in [0.15, 0.2) is 0 Å². The molecule has 0 bridgehead atoms. The van der Waals surface area contributed by atoms with Crippen LogP contribution in [-0.4, -0.2) is 0 Å². The number of hydrogen-bond acceptors (Lipinski definition) is 0. The van der Waals surface area contributed by atoms with Crippen LogP contribution >= 0.6 is 0 Å². The van der Waals surface area contributed by atoms with Crippen LogP contribution in [0.15, 0.2) is 158 Å². The molecular weight excluding hydrogens is 540 g/mol. The fourth-order valence-corrected chi connectivity index (χ4v) is 9.15. The average Bonchev–Trinajstić information content (AvgIpc) is 3.71. The predicted molar refractivity (Wildman–Crippen MR) is 188 cm³/mol. The maximum Gasteiger partial charge on any atom is 0.0725 e. The summed E-state index contributed by atoms with van der Waals surface area (Å²) < 4.78 is 0. The van der Waals surface area contributed by atoms with Gasteiger partial charge >= 0.3 is 0 Å². The van der Waals surface area contributed by atoms with Gasteiger partial charge in [-0.15, -0.1) is 0 Å². The molecule has 11 rings (SSSR count). The Labute approximate surface area is 261 Å². The first-order chi connectivity index (χ1) is 22.3. The number of fused-ring (bicyclic) bond motifs is 15. The third-order valence-corrected chi connectivity index (χ3v) is 10.8. The molecule has 0 radical (unpaired) electrons. The van der Waals surface area contributed by atoms with Crippen molar-refractivity contribution in [2.24, 2.45) is 0 Å². The fraction of sp³-hybridized carbons (Fsp3) is 0.0222. The molecule has 0 amide bonds. The molecule has 8 aromatic carbocycles. The third-order valence-electron chi connectivity index (χ3n) is 10.8. The molecule has 1 spiro atoms. The van der Waals surface area contributed by atoms with E-state index in [1.54, 1.807) is 0 Å². The van der Waals surface area contributed by atoms with E-state index in [1.807, 2.05) is 0 Å². The monoisotopic (exact) mass is 566 g/mol. The largest absolute Gasteiger partial charge is 0.0725 e. The Morgan fingerprint density at radius 1 is 0.311 bits per heavy atom. The number of rotatable bonds is 1. The van der Waals surface area contributed by atoms with Gasteiger partial charge in [0.25, 0.3) is 0 Å². The van der Waals surface area contributed by atoms with E-state index in [-0.39, 0.29) is 5.41 Å². The van der Waals surface area contributed by atoms with Crippen molar-refractivity contribution >= 4 is 21.5 Å². The average molecular weight is 567 g/mol. The highest BCUT2D eigenvalue weighted by molar-refractivity contribution is 6.23. The molecule has 0 heteroatoms. The Morgan fingerprint density at radius 2 is 0.889 bits per heavy atom. The van der Waals surface area contributed by atoms with E-state index in [2.05, 4.69) is 158 Å². The van der Waals surface area contributed by atoms with Crippen LogP contribution in [-0.2, 0) is 5.41 Å². The van der Waals surface area contributed by atoms with Crippen LogP contribution in [0.5, 0.6) is 0 Å². The van der Waals surface area contributed by atoms with Gasteiger partial charge in [-0.25, -0.2) is 0 Å². The normalized spacial score (nSPS) is 14.0. The molecular formula is C45H26. The van der Waals surface area contributed by atoms with E-state index in [4.69, 9.17) is 0 Å². The van der Waals surface area contributed by atoms with Gasteiger partial charge in [-0.1, -0.05) is 146 Å². The van der Waals surface area contributed by atoms with Crippen LogP contribution in [0, 0.1) is 0 Å². The lowest BCUT2D eigenvalue weighted by atomic mass is 9.70. The van der Waals surface area contributed by atoms with E-state index in [0.717, 1.165) is 0 Å². The quantitative estimate of drug-likeness (QED) is 0.185. The third kappa shape index (κ3) is 2.75. The van der Waals surface area contributed by atoms with Crippen molar-refractivity contribution in [2.75, 3.05) is 0 Å². The van der Waals surface area contributed by atoms with Crippen molar-refractivity contribution in [3.05, 3.63) is 180 Å². The smallest absolute Gasteiger partial charge is 0.0619 e. The van der Waals surface area contributed by atoms with E-state index < -0.39 is 0 Å². The second-order valence-electron chi connectivity index (χ2n) is 12.8. The van der Waals surface area contributed by atoms with Crippen molar-refractivity contribution in [2.45, 2.75) is 5.41 Å². The van der Waals surface area contributed by atoms with Crippen molar-refractivity contribution in [1.82, 2.24) is 0 Å². The molecule has 45 heavy (non-hydrogen) atoms. The van der Waals surface area contributed by atoms with Crippen LogP contribution in [0.4, 0.5) is 0 Å². The zero-order chi connectivity index (χ0) is 29.3. The summed E-state index contributed by atoms with van der Waals surface area (Å²) in [5.74, 6) is 0. The highest BCUT2D eigenvalue weighted by atomic mass is 14.5. The molecule has 0 aliphatic heterocycles. The summed E-state index contributed by atoms with van der Waals surface area (Å²) in [6, 6.07) is 59.4. The Kier molecular flexibility index (Phi) is 4.35. The highest BCUT2D eigenvalue weighted by Crippen LogP contribution is 2.66. The molecule has 0 saturated carbocycles. The molecule has 0 heterocycles. The van der Waals surface area contributed by atoms with E-state index in [1.165, 1.54) is 99.4 Å². The van der Waals surface area contributed by atoms with Crippen LogP contribution in [0.3, 0.4) is 0 Å². The fourth-order valence-electron chi connectivity index (χ4n) is 9.15. The van der Waals surface area contributed by atoms with Crippen LogP contribution in [0.25, 0.3) is 77.2 Å². The van der Waals surface area contributed by atoms with Gasteiger partial charge in [0.1, 0.15) is 0 Å². The minimum Gasteiger partial charge on any atom is -0.0619 e. The lowest BCUT2D eigenvalue weighted by molar-refractivity contribution is 0.795. The van der Waals surface area contributed by atoms with Gasteiger partial charge in [0.05, 0.1) is 5.41 Å². The van der Waals surface area contributed by atoms with Crippen LogP contribution < -0.4 is 0 Å². The second kappa shape index (κ2) is 8.25. The Morgan fingerprint density at radius 3 is 1.67 bits per heavy atom. The summed E-state index contributed by atoms with van der Waals surface area (Å²) in [5.41, 5.74) is 18.6. The van der Waals surface area contributed by atoms with Gasteiger partial charge in [0, 0.05) is 0 Å². The summed E-state index contributed by atoms with van der Waals surface area (Å²) >= 11 is 0. The highest BCUT2D eigenvalue weighted by Gasteiger charge is 2.52. The first kappa shape index (κ1) is 23.7. The zero-order valence-electron chi connectivity index (χ0n) is 24.5. The Hall–Kier alpha value is -5.72. The number of hydrogen-bond donors (Lipinski definition) is 0. The molecule has 3 aliphatic rings. The van der Waals surface area contributed by atoms with Crippen molar-refractivity contribution < 1.29 is 0 Å². The predicted octanol–water partition coefficient (Wildman–Crippen LogP) is 11.7. The molecule has 8 aromatic rings. The maximum absolute atomic E-state index is 2.58. The van der Waals surface area contributed by atoms with Crippen LogP contribution in [0.2, 0.25) is 0 Å². The molecule has 0 unspecified atom stereocenters. The number of benzene rings is 8. The lowest BCUT2D eigenvalue weighted by Gasteiger charge is -2.31. The minimum atomic E-state index is -0.361. The summed E-state index contributed by atoms with van der Waals surface area (Å²) in [6.07, 6.45) is 0. The van der Waals surface area contributed by atoms with Crippen molar-refractivity contribution in [3.63, 3.8) is 0 Å². The van der Waals surface area contributed by atoms with E-state index in [9.17, 15) is 0 Å². The van der Waals surface area contributed by atoms with Crippen LogP contribution in [0.1, 0.15) is 22.3 Å². The molecule has 206 valence electrons. The first-order valence-corrected chi connectivity index (χ1v) is 15.9. The van der Waals surface area contributed by atoms with Crippen molar-refractivity contribution in [3.8, 4) is 55.6 Å². The topological polar surface area (TPSA) is 0 Å². The summed E-state index contributed by atoms with van der Waals surface area (Å²) in [5, 5.41) is 5.28. The van der Waals surface area contributed by atoms with Crippen molar-refractivity contribution in [1.29, 1.82) is 0 Å². The lowest BCUT2D eigenvalue weighted by Crippen LogP contribution is -2.25. The van der Waals surface area contributed by atoms with Gasteiger partial charge in [0.2, 0.25) is 0 Å². The van der Waals surface area contributed by atoms with Gasteiger partial charge in [-0.2, -0.15) is 0 Å². The van der Waals surface area contributed by atoms with Gasteiger partial charge < -0.3 is 0 Å². The van der Waals surface area contributed by atoms with Gasteiger partial charge in [-0.05, 0) is 112 Å². The minimum absolute atomic E-state index is 0.361. The summed E-state index contributed by atoms with van der Waals surface area (Å²) in [7, 11) is 0. The summed E-state index contributed by atoms with van der Waals surface area (Å²) in [6.45, 7) is 0. The Bertz CT molecular complexity index is 2550.